The van der Waals surface area contributed by atoms with Crippen LogP contribution in [0.15, 0.2) is 12.1 Å². The normalized spacial score (nSPS) is 9.61. The molecule has 0 saturated heterocycles. The summed E-state index contributed by atoms with van der Waals surface area (Å²) >= 11 is 0. The maximum absolute atomic E-state index is 11.9. The molecule has 0 bridgehead atoms. The van der Waals surface area contributed by atoms with Crippen molar-refractivity contribution in [3.8, 4) is 6.07 Å². The molecule has 1 aromatic heterocycles. The predicted octanol–water partition coefficient (Wildman–Crippen LogP) is 1.28. The van der Waals surface area contributed by atoms with Gasteiger partial charge < -0.3 is 10.2 Å². The molecule has 0 aliphatic carbocycles. The minimum Gasteiger partial charge on any atom is -0.369 e. The monoisotopic (exact) mass is 247 g/mol. The number of aromatic nitrogens is 2. The minimum atomic E-state index is -0.222. The molecule has 6 heteroatoms. The van der Waals surface area contributed by atoms with E-state index in [1.165, 1.54) is 4.90 Å². The molecule has 1 aromatic rings. The Morgan fingerprint density at radius 2 is 2.28 bits per heavy atom. The van der Waals surface area contributed by atoms with E-state index < -0.39 is 0 Å². The molecule has 1 amide bonds. The van der Waals surface area contributed by atoms with E-state index in [2.05, 4.69) is 22.4 Å². The molecular formula is C12H17N5O. The van der Waals surface area contributed by atoms with Crippen LogP contribution in [0.2, 0.25) is 0 Å². The van der Waals surface area contributed by atoms with E-state index in [0.29, 0.717) is 18.8 Å². The van der Waals surface area contributed by atoms with Crippen molar-refractivity contribution in [3.05, 3.63) is 17.8 Å². The van der Waals surface area contributed by atoms with Crippen molar-refractivity contribution >= 4 is 11.7 Å². The Morgan fingerprint density at radius 3 is 2.83 bits per heavy atom. The van der Waals surface area contributed by atoms with Crippen LogP contribution in [0.1, 0.15) is 30.3 Å². The average molecular weight is 247 g/mol. The Kier molecular flexibility index (Phi) is 5.58. The summed E-state index contributed by atoms with van der Waals surface area (Å²) in [5.41, 5.74) is 0.289. The lowest BCUT2D eigenvalue weighted by Gasteiger charge is -2.14. The molecule has 0 radical (unpaired) electrons. The van der Waals surface area contributed by atoms with Crippen molar-refractivity contribution in [2.75, 3.05) is 25.5 Å². The number of carbonyl (C=O) groups is 1. The summed E-state index contributed by atoms with van der Waals surface area (Å²) in [6, 6.07) is 5.36. The fraction of sp³-hybridized carbons (Fsp3) is 0.500. The zero-order chi connectivity index (χ0) is 13.4. The van der Waals surface area contributed by atoms with Crippen LogP contribution in [0, 0.1) is 11.3 Å². The van der Waals surface area contributed by atoms with Crippen LogP contribution in [0.25, 0.3) is 0 Å². The second-order valence-corrected chi connectivity index (χ2v) is 3.87. The van der Waals surface area contributed by atoms with Crippen molar-refractivity contribution < 1.29 is 4.79 Å². The van der Waals surface area contributed by atoms with Gasteiger partial charge in [0.05, 0.1) is 12.5 Å². The van der Waals surface area contributed by atoms with Crippen LogP contribution in [0.3, 0.4) is 0 Å². The van der Waals surface area contributed by atoms with Gasteiger partial charge in [-0.3, -0.25) is 4.79 Å². The second-order valence-electron chi connectivity index (χ2n) is 3.87. The van der Waals surface area contributed by atoms with Crippen LogP contribution in [-0.2, 0) is 0 Å². The SMILES string of the molecule is CCCNc1ccc(C(=O)N(C)CCC#N)nn1. The van der Waals surface area contributed by atoms with Gasteiger partial charge in [-0.05, 0) is 18.6 Å². The van der Waals surface area contributed by atoms with Crippen molar-refractivity contribution in [2.45, 2.75) is 19.8 Å². The smallest absolute Gasteiger partial charge is 0.274 e. The third kappa shape index (κ3) is 4.01. The topological polar surface area (TPSA) is 81.9 Å². The van der Waals surface area contributed by atoms with Gasteiger partial charge in [0.1, 0.15) is 5.82 Å². The van der Waals surface area contributed by atoms with E-state index in [4.69, 9.17) is 5.26 Å². The molecule has 1 N–H and O–H groups in total. The van der Waals surface area contributed by atoms with Gasteiger partial charge in [-0.25, -0.2) is 0 Å². The van der Waals surface area contributed by atoms with E-state index in [1.54, 1.807) is 19.2 Å². The number of hydrogen-bond donors (Lipinski definition) is 1. The fourth-order valence-corrected chi connectivity index (χ4v) is 1.31. The molecule has 96 valence electrons. The van der Waals surface area contributed by atoms with Crippen LogP contribution in [-0.4, -0.2) is 41.1 Å². The molecule has 0 saturated carbocycles. The number of anilines is 1. The minimum absolute atomic E-state index is 0.222. The molecule has 0 aromatic carbocycles. The van der Waals surface area contributed by atoms with Crippen LogP contribution >= 0.6 is 0 Å². The van der Waals surface area contributed by atoms with Gasteiger partial charge in [-0.15, -0.1) is 10.2 Å². The van der Waals surface area contributed by atoms with E-state index in [1.807, 2.05) is 6.07 Å². The molecule has 0 unspecified atom stereocenters. The number of nitriles is 1. The van der Waals surface area contributed by atoms with Gasteiger partial charge in [0.15, 0.2) is 5.69 Å². The highest BCUT2D eigenvalue weighted by Gasteiger charge is 2.13. The summed E-state index contributed by atoms with van der Waals surface area (Å²) < 4.78 is 0. The van der Waals surface area contributed by atoms with Crippen LogP contribution in [0.5, 0.6) is 0 Å². The Morgan fingerprint density at radius 1 is 1.50 bits per heavy atom. The lowest BCUT2D eigenvalue weighted by atomic mass is 10.3. The van der Waals surface area contributed by atoms with E-state index in [9.17, 15) is 4.79 Å². The zero-order valence-electron chi connectivity index (χ0n) is 10.7. The largest absolute Gasteiger partial charge is 0.369 e. The van der Waals surface area contributed by atoms with Gasteiger partial charge in [0.25, 0.3) is 5.91 Å². The van der Waals surface area contributed by atoms with E-state index in [-0.39, 0.29) is 11.6 Å². The Labute approximate surface area is 107 Å². The first-order chi connectivity index (χ1) is 8.69. The zero-order valence-corrected chi connectivity index (χ0v) is 10.7. The maximum atomic E-state index is 11.9. The Balaban J connectivity index is 2.61. The highest BCUT2D eigenvalue weighted by Crippen LogP contribution is 2.04. The van der Waals surface area contributed by atoms with E-state index >= 15 is 0 Å². The maximum Gasteiger partial charge on any atom is 0.274 e. The molecule has 0 aliphatic rings. The Hall–Kier alpha value is -2.16. The molecule has 0 aliphatic heterocycles. The molecule has 1 rings (SSSR count). The molecule has 18 heavy (non-hydrogen) atoms. The fourth-order valence-electron chi connectivity index (χ4n) is 1.31. The highest BCUT2D eigenvalue weighted by atomic mass is 16.2. The highest BCUT2D eigenvalue weighted by molar-refractivity contribution is 5.92. The second kappa shape index (κ2) is 7.22. The number of hydrogen-bond acceptors (Lipinski definition) is 5. The van der Waals surface area contributed by atoms with Gasteiger partial charge in [0.2, 0.25) is 0 Å². The number of nitrogens with zero attached hydrogens (tertiary/aromatic N) is 4. The lowest BCUT2D eigenvalue weighted by molar-refractivity contribution is 0.0791. The summed E-state index contributed by atoms with van der Waals surface area (Å²) in [5, 5.41) is 19.3. The summed E-state index contributed by atoms with van der Waals surface area (Å²) in [6.07, 6.45) is 1.31. The first kappa shape index (κ1) is 13.9. The summed E-state index contributed by atoms with van der Waals surface area (Å²) in [7, 11) is 1.64. The number of amides is 1. The quantitative estimate of drug-likeness (QED) is 0.819. The van der Waals surface area contributed by atoms with Gasteiger partial charge in [-0.2, -0.15) is 5.26 Å². The average Bonchev–Trinajstić information content (AvgIpc) is 2.42. The third-order valence-electron chi connectivity index (χ3n) is 2.35. The summed E-state index contributed by atoms with van der Waals surface area (Å²) in [4.78, 5) is 13.3. The first-order valence-corrected chi connectivity index (χ1v) is 5.89. The molecule has 0 fully saturated rings. The molecular weight excluding hydrogens is 230 g/mol. The number of rotatable bonds is 6. The molecule has 0 atom stereocenters. The van der Waals surface area contributed by atoms with Crippen molar-refractivity contribution in [3.63, 3.8) is 0 Å². The van der Waals surface area contributed by atoms with Gasteiger partial charge in [-0.1, -0.05) is 6.92 Å². The van der Waals surface area contributed by atoms with Crippen LogP contribution in [0.4, 0.5) is 5.82 Å². The number of nitrogens with one attached hydrogen (secondary N) is 1. The third-order valence-corrected chi connectivity index (χ3v) is 2.35. The van der Waals surface area contributed by atoms with E-state index in [0.717, 1.165) is 13.0 Å². The number of carbonyl (C=O) groups excluding carboxylic acids is 1. The summed E-state index contributed by atoms with van der Waals surface area (Å²) in [6.45, 7) is 3.28. The van der Waals surface area contributed by atoms with Crippen molar-refractivity contribution in [2.24, 2.45) is 0 Å². The van der Waals surface area contributed by atoms with Crippen LogP contribution < -0.4 is 5.32 Å². The molecule has 0 spiro atoms. The van der Waals surface area contributed by atoms with Gasteiger partial charge >= 0.3 is 0 Å². The summed E-state index contributed by atoms with van der Waals surface area (Å²) in [5.74, 6) is 0.438. The predicted molar refractivity (Wildman–Crippen MR) is 68.0 cm³/mol. The van der Waals surface area contributed by atoms with Crippen molar-refractivity contribution in [1.29, 1.82) is 5.26 Å². The molecule has 6 nitrogen and oxygen atoms in total. The Bertz CT molecular complexity index is 423. The standard InChI is InChI=1S/C12H17N5O/c1-3-8-14-11-6-5-10(15-16-11)12(18)17(2)9-4-7-13/h5-6H,3-4,8-9H2,1-2H3,(H,14,16). The first-order valence-electron chi connectivity index (χ1n) is 5.89. The molecule has 1 heterocycles. The van der Waals surface area contributed by atoms with Crippen molar-refractivity contribution in [1.82, 2.24) is 15.1 Å². The van der Waals surface area contributed by atoms with Gasteiger partial charge in [0, 0.05) is 20.1 Å². The lowest BCUT2D eigenvalue weighted by Crippen LogP contribution is -2.28.